The summed E-state index contributed by atoms with van der Waals surface area (Å²) in [4.78, 5) is 20.1. The average Bonchev–Trinajstić information content (AvgIpc) is 2.27. The van der Waals surface area contributed by atoms with E-state index in [9.17, 15) is 19.8 Å². The van der Waals surface area contributed by atoms with E-state index in [0.29, 0.717) is 12.8 Å². The highest BCUT2D eigenvalue weighted by molar-refractivity contribution is 5.64. The fourth-order valence-electron chi connectivity index (χ4n) is 1.25. The molecule has 0 radical (unpaired) electrons. The van der Waals surface area contributed by atoms with Gasteiger partial charge in [0.05, 0.1) is 56.4 Å². The second-order valence-electron chi connectivity index (χ2n) is 8.73. The van der Waals surface area contributed by atoms with Gasteiger partial charge in [-0.2, -0.15) is 0 Å². The van der Waals surface area contributed by atoms with Gasteiger partial charge in [-0.1, -0.05) is 25.7 Å². The van der Waals surface area contributed by atoms with Crippen LogP contribution >= 0.6 is 0 Å². The molecule has 146 valence electrons. The number of carboxylic acids is 2. The lowest BCUT2D eigenvalue weighted by atomic mass is 10.1. The summed E-state index contributed by atoms with van der Waals surface area (Å²) in [5.41, 5.74) is 0. The van der Waals surface area contributed by atoms with Crippen LogP contribution in [-0.4, -0.2) is 77.3 Å². The summed E-state index contributed by atoms with van der Waals surface area (Å²) in [5, 5.41) is 20.1. The lowest BCUT2D eigenvalue weighted by Crippen LogP contribution is -2.27. The number of unbranched alkanes of at least 4 members (excludes halogenated alkanes) is 5. The Bertz CT molecular complexity index is 274. The fourth-order valence-corrected chi connectivity index (χ4v) is 1.25. The number of hydrogen-bond donors (Lipinski definition) is 0. The summed E-state index contributed by atoms with van der Waals surface area (Å²) in [6, 6.07) is 0. The Balaban J connectivity index is -0.000000361. The van der Waals surface area contributed by atoms with Crippen LogP contribution in [0.5, 0.6) is 0 Å². The highest BCUT2D eigenvalue weighted by Gasteiger charge is 1.92. The third kappa shape index (κ3) is 84.6. The maximum absolute atomic E-state index is 10.0. The van der Waals surface area contributed by atoms with E-state index in [1.54, 1.807) is 0 Å². The van der Waals surface area contributed by atoms with E-state index >= 15 is 0 Å². The first-order valence-corrected chi connectivity index (χ1v) is 8.60. The quantitative estimate of drug-likeness (QED) is 0.442. The van der Waals surface area contributed by atoms with Gasteiger partial charge in [0.1, 0.15) is 0 Å². The molecule has 0 saturated heterocycles. The van der Waals surface area contributed by atoms with Crippen LogP contribution in [0, 0.1) is 0 Å². The van der Waals surface area contributed by atoms with Gasteiger partial charge in [0, 0.05) is 11.9 Å². The topological polar surface area (TPSA) is 80.3 Å². The number of rotatable bonds is 9. The van der Waals surface area contributed by atoms with Crippen LogP contribution in [0.15, 0.2) is 0 Å². The standard InChI is InChI=1S/C10H18O4.2C4H12N/c11-9(12)7-5-3-1-2-4-6-8-10(13)14;2*1-5(2,3)4/h1-8H2,(H,11,12)(H,13,14);2*1-4H3/q;2*+1/p-2. The highest BCUT2D eigenvalue weighted by atomic mass is 16.4. The molecule has 6 nitrogen and oxygen atoms in total. The van der Waals surface area contributed by atoms with E-state index in [2.05, 4.69) is 56.4 Å². The molecule has 0 aliphatic carbocycles. The van der Waals surface area contributed by atoms with E-state index in [1.807, 2.05) is 0 Å². The first-order chi connectivity index (χ1) is 10.6. The van der Waals surface area contributed by atoms with Gasteiger partial charge in [-0.3, -0.25) is 0 Å². The van der Waals surface area contributed by atoms with Crippen molar-refractivity contribution < 1.29 is 28.8 Å². The minimum absolute atomic E-state index is 0.124. The number of carbonyl (C=O) groups excluding carboxylic acids is 2. The van der Waals surface area contributed by atoms with Crippen LogP contribution in [0.25, 0.3) is 0 Å². The minimum atomic E-state index is -0.998. The first-order valence-electron chi connectivity index (χ1n) is 8.60. The van der Waals surface area contributed by atoms with E-state index < -0.39 is 11.9 Å². The zero-order chi connectivity index (χ0) is 19.8. The van der Waals surface area contributed by atoms with Crippen molar-refractivity contribution in [3.8, 4) is 0 Å². The van der Waals surface area contributed by atoms with Crippen molar-refractivity contribution in [2.45, 2.75) is 51.4 Å². The van der Waals surface area contributed by atoms with Crippen LogP contribution in [0.2, 0.25) is 0 Å². The summed E-state index contributed by atoms with van der Waals surface area (Å²) in [6.45, 7) is 0. The zero-order valence-electron chi connectivity index (χ0n) is 17.2. The number of hydrogen-bond acceptors (Lipinski definition) is 4. The fraction of sp³-hybridized carbons (Fsp3) is 0.889. The van der Waals surface area contributed by atoms with Crippen LogP contribution in [-0.2, 0) is 9.59 Å². The number of quaternary nitrogens is 2. The lowest BCUT2D eigenvalue weighted by molar-refractivity contribution is -0.849. The molecule has 0 unspecified atom stereocenters. The van der Waals surface area contributed by atoms with Crippen LogP contribution in [0.1, 0.15) is 51.4 Å². The van der Waals surface area contributed by atoms with Crippen molar-refractivity contribution in [2.75, 3.05) is 56.4 Å². The van der Waals surface area contributed by atoms with E-state index in [1.165, 1.54) is 0 Å². The van der Waals surface area contributed by atoms with Crippen molar-refractivity contribution in [3.63, 3.8) is 0 Å². The monoisotopic (exact) mass is 348 g/mol. The third-order valence-corrected chi connectivity index (χ3v) is 2.01. The van der Waals surface area contributed by atoms with Gasteiger partial charge in [-0.05, 0) is 25.7 Å². The van der Waals surface area contributed by atoms with Gasteiger partial charge in [0.25, 0.3) is 0 Å². The van der Waals surface area contributed by atoms with E-state index in [-0.39, 0.29) is 12.8 Å². The summed E-state index contributed by atoms with van der Waals surface area (Å²) < 4.78 is 2.00. The second kappa shape index (κ2) is 15.4. The van der Waals surface area contributed by atoms with Crippen molar-refractivity contribution in [3.05, 3.63) is 0 Å². The largest absolute Gasteiger partial charge is 0.550 e. The van der Waals surface area contributed by atoms with E-state index in [4.69, 9.17) is 0 Å². The molecule has 0 N–H and O–H groups in total. The van der Waals surface area contributed by atoms with Gasteiger partial charge in [0.15, 0.2) is 0 Å². The number of carboxylic acid groups (broad SMARTS) is 2. The molecule has 0 atom stereocenters. The Hall–Kier alpha value is -1.14. The van der Waals surface area contributed by atoms with Gasteiger partial charge in [-0.15, -0.1) is 0 Å². The second-order valence-corrected chi connectivity index (χ2v) is 8.73. The molecule has 0 aliphatic rings. The van der Waals surface area contributed by atoms with Gasteiger partial charge >= 0.3 is 0 Å². The van der Waals surface area contributed by atoms with Gasteiger partial charge in [-0.25, -0.2) is 0 Å². The summed E-state index contributed by atoms with van der Waals surface area (Å²) in [5.74, 6) is -2.00. The summed E-state index contributed by atoms with van der Waals surface area (Å²) in [7, 11) is 17.0. The minimum Gasteiger partial charge on any atom is -0.550 e. The first kappa shape index (κ1) is 27.7. The molecule has 6 heteroatoms. The molecule has 0 bridgehead atoms. The van der Waals surface area contributed by atoms with Crippen LogP contribution in [0.4, 0.5) is 0 Å². The predicted octanol–water partition coefficient (Wildman–Crippen LogP) is 0.252. The molecule has 0 heterocycles. The van der Waals surface area contributed by atoms with Crippen molar-refractivity contribution in [1.29, 1.82) is 0 Å². The summed E-state index contributed by atoms with van der Waals surface area (Å²) >= 11 is 0. The third-order valence-electron chi connectivity index (χ3n) is 2.01. The number of nitrogens with zero attached hydrogens (tertiary/aromatic N) is 2. The molecule has 0 fully saturated rings. The molecule has 0 aliphatic heterocycles. The molecular formula is C18H40N2O4. The molecular weight excluding hydrogens is 308 g/mol. The smallest absolute Gasteiger partial charge is 0.0675 e. The highest BCUT2D eigenvalue weighted by Crippen LogP contribution is 2.07. The van der Waals surface area contributed by atoms with Crippen molar-refractivity contribution >= 4 is 11.9 Å². The Morgan fingerprint density at radius 3 is 0.875 bits per heavy atom. The average molecular weight is 349 g/mol. The predicted molar refractivity (Wildman–Crippen MR) is 94.9 cm³/mol. The molecule has 24 heavy (non-hydrogen) atoms. The normalized spacial score (nSPS) is 10.8. The Morgan fingerprint density at radius 2 is 0.708 bits per heavy atom. The Kier molecular flexibility index (Phi) is 17.8. The molecule has 0 spiro atoms. The molecule has 0 aromatic heterocycles. The summed E-state index contributed by atoms with van der Waals surface area (Å²) in [6.07, 6.45) is 5.23. The number of carbonyl (C=O) groups is 2. The zero-order valence-corrected chi connectivity index (χ0v) is 17.2. The lowest BCUT2D eigenvalue weighted by Gasteiger charge is -2.14. The van der Waals surface area contributed by atoms with Crippen molar-refractivity contribution in [2.24, 2.45) is 0 Å². The SMILES string of the molecule is C[N+](C)(C)C.C[N+](C)(C)C.O=C([O-])CCCCCCCCC(=O)[O-]. The Labute approximate surface area is 149 Å². The van der Waals surface area contributed by atoms with Crippen LogP contribution in [0.3, 0.4) is 0 Å². The molecule has 0 amide bonds. The van der Waals surface area contributed by atoms with Gasteiger partial charge in [0.2, 0.25) is 0 Å². The van der Waals surface area contributed by atoms with E-state index in [0.717, 1.165) is 34.6 Å². The van der Waals surface area contributed by atoms with Crippen LogP contribution < -0.4 is 10.2 Å². The molecule has 0 aromatic carbocycles. The van der Waals surface area contributed by atoms with Crippen molar-refractivity contribution in [1.82, 2.24) is 0 Å². The Morgan fingerprint density at radius 1 is 0.542 bits per heavy atom. The molecule has 0 aromatic rings. The molecule has 0 rings (SSSR count). The maximum Gasteiger partial charge on any atom is 0.0675 e. The van der Waals surface area contributed by atoms with Gasteiger partial charge < -0.3 is 28.8 Å². The number of aliphatic carboxylic acids is 2. The maximum atomic E-state index is 10.0. The molecule has 0 saturated carbocycles.